The minimum Gasteiger partial charge on any atom is -0.465 e. The monoisotopic (exact) mass is 313 g/mol. The Morgan fingerprint density at radius 2 is 2.06 bits per heavy atom. The largest absolute Gasteiger partial charge is 0.465 e. The molecule has 6 heteroatoms. The minimum absolute atomic E-state index is 0.372. The number of carbonyl (C=O) groups excluding carboxylic acids is 1. The van der Waals surface area contributed by atoms with Gasteiger partial charge in [0.05, 0.1) is 12.7 Å². The van der Waals surface area contributed by atoms with Crippen molar-refractivity contribution in [1.29, 1.82) is 0 Å². The summed E-state index contributed by atoms with van der Waals surface area (Å²) in [7, 11) is 1.35. The van der Waals surface area contributed by atoms with Crippen LogP contribution in [0.25, 0.3) is 0 Å². The number of benzene rings is 1. The van der Waals surface area contributed by atoms with E-state index in [1.807, 2.05) is 18.9 Å². The van der Waals surface area contributed by atoms with Crippen LogP contribution in [0.5, 0.6) is 0 Å². The molecule has 1 aromatic rings. The summed E-state index contributed by atoms with van der Waals surface area (Å²) in [6, 6.07) is 5.05. The van der Waals surface area contributed by atoms with Crippen molar-refractivity contribution in [2.45, 2.75) is 13.8 Å². The van der Waals surface area contributed by atoms with Gasteiger partial charge in [-0.15, -0.1) is 5.11 Å². The minimum atomic E-state index is -0.372. The van der Waals surface area contributed by atoms with Crippen molar-refractivity contribution in [3.05, 3.63) is 28.2 Å². The molecule has 0 aliphatic carbocycles. The number of methoxy groups -OCH3 is 1. The Bertz CT molecular complexity index is 445. The smallest absolute Gasteiger partial charge is 0.337 e. The van der Waals surface area contributed by atoms with Gasteiger partial charge in [0.15, 0.2) is 0 Å². The highest BCUT2D eigenvalue weighted by Gasteiger charge is 2.08. The molecule has 0 bridgehead atoms. The van der Waals surface area contributed by atoms with Gasteiger partial charge in [-0.25, -0.2) is 4.79 Å². The van der Waals surface area contributed by atoms with E-state index >= 15 is 0 Å². The van der Waals surface area contributed by atoms with Gasteiger partial charge in [-0.05, 0) is 48.0 Å². The summed E-state index contributed by atoms with van der Waals surface area (Å²) >= 11 is 3.36. The lowest BCUT2D eigenvalue weighted by atomic mass is 10.2. The van der Waals surface area contributed by atoms with E-state index in [1.54, 1.807) is 18.2 Å². The summed E-state index contributed by atoms with van der Waals surface area (Å²) in [5.41, 5.74) is 1.15. The van der Waals surface area contributed by atoms with E-state index in [2.05, 4.69) is 31.0 Å². The Hall–Kier alpha value is -1.43. The molecule has 0 amide bonds. The molecule has 0 fully saturated rings. The maximum atomic E-state index is 11.3. The molecule has 18 heavy (non-hydrogen) atoms. The van der Waals surface area contributed by atoms with Crippen LogP contribution in [0.2, 0.25) is 0 Å². The summed E-state index contributed by atoms with van der Waals surface area (Å²) < 4.78 is 5.35. The first-order valence-electron chi connectivity index (χ1n) is 5.66. The Morgan fingerprint density at radius 1 is 1.39 bits per heavy atom. The van der Waals surface area contributed by atoms with Crippen LogP contribution in [0, 0.1) is 0 Å². The summed E-state index contributed by atoms with van der Waals surface area (Å²) in [5, 5.41) is 10.1. The van der Waals surface area contributed by atoms with Crippen molar-refractivity contribution >= 4 is 27.6 Å². The number of hydrogen-bond acceptors (Lipinski definition) is 4. The van der Waals surface area contributed by atoms with Gasteiger partial charge < -0.3 is 4.74 Å². The first kappa shape index (κ1) is 14.6. The average Bonchev–Trinajstić information content (AvgIpc) is 2.40. The molecule has 0 unspecified atom stereocenters. The van der Waals surface area contributed by atoms with E-state index in [-0.39, 0.29) is 5.97 Å². The zero-order chi connectivity index (χ0) is 13.5. The first-order valence-corrected chi connectivity index (χ1v) is 6.46. The van der Waals surface area contributed by atoms with Crippen molar-refractivity contribution in [2.75, 3.05) is 20.2 Å². The lowest BCUT2D eigenvalue weighted by molar-refractivity contribution is 0.0600. The van der Waals surface area contributed by atoms with Crippen LogP contribution in [0.4, 0.5) is 5.69 Å². The Kier molecular flexibility index (Phi) is 5.77. The van der Waals surface area contributed by atoms with Gasteiger partial charge in [-0.3, -0.25) is 5.01 Å². The van der Waals surface area contributed by atoms with Gasteiger partial charge in [-0.1, -0.05) is 5.22 Å². The van der Waals surface area contributed by atoms with Gasteiger partial charge in [-0.2, -0.15) is 0 Å². The number of carbonyl (C=O) groups is 1. The lowest BCUT2D eigenvalue weighted by Gasteiger charge is -2.11. The van der Waals surface area contributed by atoms with E-state index in [0.717, 1.165) is 13.1 Å². The fourth-order valence-electron chi connectivity index (χ4n) is 1.29. The number of esters is 1. The topological polar surface area (TPSA) is 54.3 Å². The van der Waals surface area contributed by atoms with Crippen molar-refractivity contribution in [3.8, 4) is 0 Å². The zero-order valence-electron chi connectivity index (χ0n) is 10.7. The molecule has 0 radical (unpaired) electrons. The molecule has 0 N–H and O–H groups in total. The van der Waals surface area contributed by atoms with Gasteiger partial charge in [0, 0.05) is 17.6 Å². The van der Waals surface area contributed by atoms with E-state index < -0.39 is 0 Å². The number of nitrogens with zero attached hydrogens (tertiary/aromatic N) is 3. The fraction of sp³-hybridized carbons (Fsp3) is 0.417. The van der Waals surface area contributed by atoms with Crippen LogP contribution in [-0.2, 0) is 4.74 Å². The third-order valence-corrected chi connectivity index (χ3v) is 3.01. The molecular formula is C12H16BrN3O2. The van der Waals surface area contributed by atoms with Crippen LogP contribution >= 0.6 is 15.9 Å². The number of rotatable bonds is 5. The maximum absolute atomic E-state index is 11.3. The van der Waals surface area contributed by atoms with Gasteiger partial charge in [0.25, 0.3) is 0 Å². The second-order valence-corrected chi connectivity index (χ2v) is 4.34. The highest BCUT2D eigenvalue weighted by atomic mass is 79.9. The molecule has 0 atom stereocenters. The van der Waals surface area contributed by atoms with Crippen molar-refractivity contribution in [3.63, 3.8) is 0 Å². The molecule has 1 aromatic carbocycles. The summed E-state index contributed by atoms with van der Waals surface area (Å²) in [5.74, 6) is -0.372. The lowest BCUT2D eigenvalue weighted by Crippen LogP contribution is -2.14. The molecule has 0 aliphatic heterocycles. The Balaban J connectivity index is 2.89. The predicted octanol–water partition coefficient (Wildman–Crippen LogP) is 3.58. The van der Waals surface area contributed by atoms with Crippen molar-refractivity contribution in [1.82, 2.24) is 5.01 Å². The third-order valence-electron chi connectivity index (χ3n) is 2.38. The van der Waals surface area contributed by atoms with Gasteiger partial charge in [0.2, 0.25) is 0 Å². The summed E-state index contributed by atoms with van der Waals surface area (Å²) in [4.78, 5) is 11.3. The van der Waals surface area contributed by atoms with E-state index in [0.29, 0.717) is 15.7 Å². The summed E-state index contributed by atoms with van der Waals surface area (Å²) in [6.07, 6.45) is 0. The Labute approximate surface area is 115 Å². The van der Waals surface area contributed by atoms with Crippen molar-refractivity contribution < 1.29 is 9.53 Å². The average molecular weight is 314 g/mol. The molecule has 0 aromatic heterocycles. The molecule has 0 aliphatic rings. The standard InChI is InChI=1S/C12H16BrN3O2/c1-4-16(5-2)15-14-11-7-6-9(8-10(11)13)12(17)18-3/h6-8H,4-5H2,1-3H3. The second kappa shape index (κ2) is 7.10. The van der Waals surface area contributed by atoms with Crippen LogP contribution in [0.3, 0.4) is 0 Å². The second-order valence-electron chi connectivity index (χ2n) is 3.49. The molecule has 0 saturated heterocycles. The molecule has 0 heterocycles. The van der Waals surface area contributed by atoms with Gasteiger partial charge in [0.1, 0.15) is 5.69 Å². The fourth-order valence-corrected chi connectivity index (χ4v) is 1.75. The van der Waals surface area contributed by atoms with Crippen LogP contribution in [0.1, 0.15) is 24.2 Å². The van der Waals surface area contributed by atoms with E-state index in [9.17, 15) is 4.79 Å². The summed E-state index contributed by atoms with van der Waals surface area (Å²) in [6.45, 7) is 5.63. The predicted molar refractivity (Wildman–Crippen MR) is 72.9 cm³/mol. The third kappa shape index (κ3) is 3.80. The number of ether oxygens (including phenoxy) is 1. The zero-order valence-corrected chi connectivity index (χ0v) is 12.3. The first-order chi connectivity index (χ1) is 8.62. The molecule has 0 spiro atoms. The van der Waals surface area contributed by atoms with Crippen LogP contribution in [-0.4, -0.2) is 31.2 Å². The van der Waals surface area contributed by atoms with Crippen molar-refractivity contribution in [2.24, 2.45) is 10.3 Å². The quantitative estimate of drug-likeness (QED) is 0.474. The SMILES string of the molecule is CCN(CC)N=Nc1ccc(C(=O)OC)cc1Br. The molecule has 98 valence electrons. The maximum Gasteiger partial charge on any atom is 0.337 e. The van der Waals surface area contributed by atoms with Crippen LogP contribution in [0.15, 0.2) is 33.0 Å². The van der Waals surface area contributed by atoms with Gasteiger partial charge >= 0.3 is 5.97 Å². The highest BCUT2D eigenvalue weighted by Crippen LogP contribution is 2.27. The number of halogens is 1. The molecular weight excluding hydrogens is 298 g/mol. The van der Waals surface area contributed by atoms with E-state index in [1.165, 1.54) is 7.11 Å². The Morgan fingerprint density at radius 3 is 2.56 bits per heavy atom. The highest BCUT2D eigenvalue weighted by molar-refractivity contribution is 9.10. The molecule has 0 saturated carbocycles. The molecule has 5 nitrogen and oxygen atoms in total. The number of hydrogen-bond donors (Lipinski definition) is 0. The van der Waals surface area contributed by atoms with Crippen LogP contribution < -0.4 is 0 Å². The molecule has 1 rings (SSSR count). The van der Waals surface area contributed by atoms with E-state index in [4.69, 9.17) is 0 Å². The normalized spacial score (nSPS) is 10.7.